The first-order chi connectivity index (χ1) is 15.1. The van der Waals surface area contributed by atoms with E-state index in [9.17, 15) is 4.79 Å². The quantitative estimate of drug-likeness (QED) is 0.235. The molecule has 0 fully saturated rings. The highest BCUT2D eigenvalue weighted by molar-refractivity contribution is 5.84. The Kier molecular flexibility index (Phi) is 8.23. The maximum absolute atomic E-state index is 10.5. The maximum Gasteiger partial charge on any atom is 0.120 e. The number of hydrogen-bond acceptors (Lipinski definition) is 1. The smallest absolute Gasteiger partial charge is 0.120 e. The monoisotopic (exact) mass is 411 g/mol. The number of carbonyl (C=O) groups is 1. The SMILES string of the molecule is CCc1cccc(C)c1.Cc1ccccc1Cn1cc(CCCC=O)c2ccccc21. The van der Waals surface area contributed by atoms with E-state index in [1.54, 1.807) is 0 Å². The molecule has 0 spiro atoms. The van der Waals surface area contributed by atoms with Crippen LogP contribution in [-0.2, 0) is 24.2 Å². The van der Waals surface area contributed by atoms with Crippen molar-refractivity contribution in [1.82, 2.24) is 4.57 Å². The van der Waals surface area contributed by atoms with Gasteiger partial charge < -0.3 is 9.36 Å². The van der Waals surface area contributed by atoms with Crippen molar-refractivity contribution in [3.8, 4) is 0 Å². The first-order valence-corrected chi connectivity index (χ1v) is 11.2. The topological polar surface area (TPSA) is 22.0 Å². The summed E-state index contributed by atoms with van der Waals surface area (Å²) >= 11 is 0. The minimum atomic E-state index is 0.636. The van der Waals surface area contributed by atoms with Gasteiger partial charge in [-0.1, -0.05) is 79.2 Å². The Bertz CT molecular complexity index is 1120. The average Bonchev–Trinajstić information content (AvgIpc) is 3.13. The van der Waals surface area contributed by atoms with Gasteiger partial charge in [0.25, 0.3) is 0 Å². The van der Waals surface area contributed by atoms with E-state index in [-0.39, 0.29) is 0 Å². The second kappa shape index (κ2) is 11.3. The molecule has 0 saturated carbocycles. The van der Waals surface area contributed by atoms with Crippen molar-refractivity contribution >= 4 is 17.2 Å². The lowest BCUT2D eigenvalue weighted by Crippen LogP contribution is -1.99. The fourth-order valence-electron chi connectivity index (χ4n) is 3.93. The number of carbonyl (C=O) groups excluding carboxylic acids is 1. The number of aldehydes is 1. The average molecular weight is 412 g/mol. The summed E-state index contributed by atoms with van der Waals surface area (Å²) in [5.41, 5.74) is 8.06. The van der Waals surface area contributed by atoms with Crippen LogP contribution in [0.25, 0.3) is 10.9 Å². The third-order valence-corrected chi connectivity index (χ3v) is 5.73. The molecule has 0 bridgehead atoms. The van der Waals surface area contributed by atoms with Crippen LogP contribution >= 0.6 is 0 Å². The van der Waals surface area contributed by atoms with Crippen molar-refractivity contribution in [2.75, 3.05) is 0 Å². The van der Waals surface area contributed by atoms with Gasteiger partial charge in [-0.2, -0.15) is 0 Å². The molecule has 31 heavy (non-hydrogen) atoms. The van der Waals surface area contributed by atoms with Crippen molar-refractivity contribution in [3.05, 3.63) is 107 Å². The van der Waals surface area contributed by atoms with Crippen LogP contribution in [0.5, 0.6) is 0 Å². The normalized spacial score (nSPS) is 10.5. The molecular weight excluding hydrogens is 378 g/mol. The Morgan fingerprint density at radius 3 is 2.35 bits per heavy atom. The molecule has 0 atom stereocenters. The predicted octanol–water partition coefficient (Wildman–Crippen LogP) is 7.08. The van der Waals surface area contributed by atoms with E-state index >= 15 is 0 Å². The number of fused-ring (bicyclic) bond motifs is 1. The second-order valence-electron chi connectivity index (χ2n) is 8.13. The summed E-state index contributed by atoms with van der Waals surface area (Å²) in [5.74, 6) is 0. The van der Waals surface area contributed by atoms with Gasteiger partial charge in [0.05, 0.1) is 0 Å². The van der Waals surface area contributed by atoms with Gasteiger partial charge in [0, 0.05) is 30.1 Å². The Labute approximate surface area is 186 Å². The molecule has 0 aliphatic heterocycles. The van der Waals surface area contributed by atoms with Crippen LogP contribution in [0.2, 0.25) is 0 Å². The van der Waals surface area contributed by atoms with Crippen LogP contribution in [0.1, 0.15) is 47.6 Å². The predicted molar refractivity (Wildman–Crippen MR) is 132 cm³/mol. The molecule has 0 N–H and O–H groups in total. The molecule has 0 aliphatic carbocycles. The molecule has 3 aromatic carbocycles. The Balaban J connectivity index is 0.000000254. The van der Waals surface area contributed by atoms with E-state index in [2.05, 4.69) is 104 Å². The highest BCUT2D eigenvalue weighted by atomic mass is 16.1. The lowest BCUT2D eigenvalue weighted by molar-refractivity contribution is -0.107. The number of benzene rings is 3. The summed E-state index contributed by atoms with van der Waals surface area (Å²) in [6, 6.07) is 25.7. The summed E-state index contributed by atoms with van der Waals surface area (Å²) in [5, 5.41) is 1.31. The Morgan fingerprint density at radius 2 is 1.65 bits per heavy atom. The minimum Gasteiger partial charge on any atom is -0.343 e. The van der Waals surface area contributed by atoms with Crippen LogP contribution in [0.4, 0.5) is 0 Å². The zero-order valence-electron chi connectivity index (χ0n) is 19.0. The summed E-state index contributed by atoms with van der Waals surface area (Å²) in [6.45, 7) is 7.35. The zero-order valence-corrected chi connectivity index (χ0v) is 19.0. The van der Waals surface area contributed by atoms with Gasteiger partial charge in [0.15, 0.2) is 0 Å². The summed E-state index contributed by atoms with van der Waals surface area (Å²) in [6.07, 6.45) is 6.91. The molecule has 2 heteroatoms. The van der Waals surface area contributed by atoms with Crippen LogP contribution in [0.3, 0.4) is 0 Å². The Hall–Kier alpha value is -3.13. The number of aryl methyl sites for hydroxylation is 4. The Morgan fingerprint density at radius 1 is 0.871 bits per heavy atom. The van der Waals surface area contributed by atoms with Gasteiger partial charge in [0.1, 0.15) is 6.29 Å². The molecule has 0 aliphatic rings. The molecule has 0 radical (unpaired) electrons. The van der Waals surface area contributed by atoms with E-state index in [0.29, 0.717) is 6.42 Å². The number of unbranched alkanes of at least 4 members (excludes halogenated alkanes) is 1. The van der Waals surface area contributed by atoms with E-state index in [0.717, 1.165) is 32.1 Å². The number of aromatic nitrogens is 1. The third kappa shape index (κ3) is 6.18. The van der Waals surface area contributed by atoms with Crippen LogP contribution in [-0.4, -0.2) is 10.9 Å². The number of para-hydroxylation sites is 1. The van der Waals surface area contributed by atoms with Gasteiger partial charge in [-0.05, 0) is 61.4 Å². The van der Waals surface area contributed by atoms with Crippen molar-refractivity contribution in [1.29, 1.82) is 0 Å². The number of hydrogen-bond donors (Lipinski definition) is 0. The first kappa shape index (κ1) is 22.6. The van der Waals surface area contributed by atoms with Crippen molar-refractivity contribution in [2.24, 2.45) is 0 Å². The summed E-state index contributed by atoms with van der Waals surface area (Å²) < 4.78 is 2.33. The first-order valence-electron chi connectivity index (χ1n) is 11.2. The van der Waals surface area contributed by atoms with E-state index in [4.69, 9.17) is 0 Å². The summed E-state index contributed by atoms with van der Waals surface area (Å²) in [4.78, 5) is 10.5. The van der Waals surface area contributed by atoms with E-state index in [1.807, 2.05) is 0 Å². The highest BCUT2D eigenvalue weighted by Gasteiger charge is 2.09. The van der Waals surface area contributed by atoms with Crippen LogP contribution in [0.15, 0.2) is 79.0 Å². The molecule has 1 heterocycles. The number of nitrogens with zero attached hydrogens (tertiary/aromatic N) is 1. The standard InChI is InChI=1S/C20H21NO.C9H12/c1-16-8-2-3-9-17(16)14-21-15-18(10-6-7-13-22)19-11-4-5-12-20(19)21;1-3-9-6-4-5-8(2)7-9/h2-5,8-9,11-13,15H,6-7,10,14H2,1H3;4-7H,3H2,1-2H3. The fourth-order valence-corrected chi connectivity index (χ4v) is 3.93. The molecule has 0 amide bonds. The van der Waals surface area contributed by atoms with Crippen LogP contribution < -0.4 is 0 Å². The largest absolute Gasteiger partial charge is 0.343 e. The molecule has 1 aromatic heterocycles. The second-order valence-corrected chi connectivity index (χ2v) is 8.13. The molecule has 160 valence electrons. The van der Waals surface area contributed by atoms with Gasteiger partial charge in [-0.3, -0.25) is 0 Å². The third-order valence-electron chi connectivity index (χ3n) is 5.73. The lowest BCUT2D eigenvalue weighted by Gasteiger charge is -2.08. The molecule has 4 aromatic rings. The van der Waals surface area contributed by atoms with Gasteiger partial charge in [0.2, 0.25) is 0 Å². The molecular formula is C29H33NO. The van der Waals surface area contributed by atoms with Gasteiger partial charge in [-0.25, -0.2) is 0 Å². The molecule has 0 unspecified atom stereocenters. The van der Waals surface area contributed by atoms with Crippen molar-refractivity contribution in [3.63, 3.8) is 0 Å². The van der Waals surface area contributed by atoms with Crippen LogP contribution in [0, 0.1) is 13.8 Å². The van der Waals surface area contributed by atoms with Crippen molar-refractivity contribution in [2.45, 2.75) is 53.0 Å². The fraction of sp³-hybridized carbons (Fsp3) is 0.276. The molecule has 4 rings (SSSR count). The maximum atomic E-state index is 10.5. The summed E-state index contributed by atoms with van der Waals surface area (Å²) in [7, 11) is 0. The van der Waals surface area contributed by atoms with Crippen molar-refractivity contribution < 1.29 is 4.79 Å². The highest BCUT2D eigenvalue weighted by Crippen LogP contribution is 2.24. The molecule has 2 nitrogen and oxygen atoms in total. The lowest BCUT2D eigenvalue weighted by atomic mass is 10.1. The van der Waals surface area contributed by atoms with E-state index < -0.39 is 0 Å². The molecule has 0 saturated heterocycles. The number of rotatable bonds is 7. The zero-order chi connectivity index (χ0) is 22.1. The van der Waals surface area contributed by atoms with Gasteiger partial charge >= 0.3 is 0 Å². The van der Waals surface area contributed by atoms with Gasteiger partial charge in [-0.15, -0.1) is 0 Å². The van der Waals surface area contributed by atoms with E-state index in [1.165, 1.54) is 38.7 Å². The minimum absolute atomic E-state index is 0.636.